The second-order valence-corrected chi connectivity index (χ2v) is 5.00. The molecule has 1 aromatic rings. The monoisotopic (exact) mass is 236 g/mol. The number of rotatable bonds is 5. The second-order valence-electron chi connectivity index (χ2n) is 5.00. The van der Waals surface area contributed by atoms with Crippen LogP contribution in [0.4, 0.5) is 0 Å². The van der Waals surface area contributed by atoms with E-state index in [1.807, 2.05) is 10.9 Å². The fraction of sp³-hybridized carbons (Fsp3) is 0.769. The highest BCUT2D eigenvalue weighted by molar-refractivity contribution is 5.03. The van der Waals surface area contributed by atoms with Gasteiger partial charge in [0.2, 0.25) is 0 Å². The second kappa shape index (κ2) is 6.17. The number of aromatic nitrogens is 2. The van der Waals surface area contributed by atoms with Crippen molar-refractivity contribution < 1.29 is 0 Å². The van der Waals surface area contributed by atoms with Crippen LogP contribution in [0.1, 0.15) is 31.7 Å². The first-order valence-corrected chi connectivity index (χ1v) is 6.75. The third-order valence-electron chi connectivity index (χ3n) is 3.70. The zero-order valence-electron chi connectivity index (χ0n) is 10.8. The third kappa shape index (κ3) is 3.54. The minimum atomic E-state index is 0.841. The molecule has 1 saturated heterocycles. The molecule has 4 heteroatoms. The average Bonchev–Trinajstić information content (AvgIpc) is 2.80. The first-order valence-electron chi connectivity index (χ1n) is 6.75. The van der Waals surface area contributed by atoms with Gasteiger partial charge in [0.1, 0.15) is 0 Å². The van der Waals surface area contributed by atoms with Crippen LogP contribution in [0.2, 0.25) is 0 Å². The van der Waals surface area contributed by atoms with Gasteiger partial charge in [0.25, 0.3) is 0 Å². The molecule has 1 aliphatic rings. The van der Waals surface area contributed by atoms with E-state index < -0.39 is 0 Å². The smallest absolute Gasteiger partial charge is 0.0534 e. The van der Waals surface area contributed by atoms with Crippen molar-refractivity contribution >= 4 is 0 Å². The molecule has 0 spiro atoms. The van der Waals surface area contributed by atoms with Crippen LogP contribution in [0.15, 0.2) is 12.4 Å². The summed E-state index contributed by atoms with van der Waals surface area (Å²) < 4.78 is 2.00. The average molecular weight is 236 g/mol. The molecule has 0 saturated carbocycles. The molecule has 17 heavy (non-hydrogen) atoms. The molecule has 1 fully saturated rings. The van der Waals surface area contributed by atoms with Crippen LogP contribution in [0.3, 0.4) is 0 Å². The highest BCUT2D eigenvalue weighted by Gasteiger charge is 2.18. The van der Waals surface area contributed by atoms with Crippen LogP contribution in [-0.2, 0) is 13.1 Å². The Morgan fingerprint density at radius 3 is 2.76 bits per heavy atom. The molecule has 2 N–H and O–H groups in total. The molecular formula is C13H24N4. The summed E-state index contributed by atoms with van der Waals surface area (Å²) in [6.07, 6.45) is 7.96. The molecule has 0 radical (unpaired) electrons. The molecule has 0 bridgehead atoms. The van der Waals surface area contributed by atoms with E-state index in [0.29, 0.717) is 0 Å². The predicted molar refractivity (Wildman–Crippen MR) is 69.6 cm³/mol. The summed E-state index contributed by atoms with van der Waals surface area (Å²) >= 11 is 0. The van der Waals surface area contributed by atoms with Crippen molar-refractivity contribution in [3.05, 3.63) is 18.0 Å². The topological polar surface area (TPSA) is 47.1 Å². The fourth-order valence-corrected chi connectivity index (χ4v) is 2.59. The first-order chi connectivity index (χ1) is 8.31. The fourth-order valence-electron chi connectivity index (χ4n) is 2.59. The summed E-state index contributed by atoms with van der Waals surface area (Å²) in [5.41, 5.74) is 6.95. The molecule has 0 aromatic carbocycles. The Morgan fingerprint density at radius 2 is 2.18 bits per heavy atom. The quantitative estimate of drug-likeness (QED) is 0.842. The van der Waals surface area contributed by atoms with Gasteiger partial charge >= 0.3 is 0 Å². The van der Waals surface area contributed by atoms with Crippen molar-refractivity contribution in [1.29, 1.82) is 0 Å². The van der Waals surface area contributed by atoms with Crippen molar-refractivity contribution in [3.8, 4) is 0 Å². The maximum Gasteiger partial charge on any atom is 0.0534 e. The van der Waals surface area contributed by atoms with E-state index in [1.54, 1.807) is 0 Å². The van der Waals surface area contributed by atoms with Crippen LogP contribution in [0, 0.1) is 5.92 Å². The van der Waals surface area contributed by atoms with Crippen LogP contribution >= 0.6 is 0 Å². The lowest BCUT2D eigenvalue weighted by atomic mass is 9.93. The van der Waals surface area contributed by atoms with E-state index in [4.69, 9.17) is 5.73 Å². The van der Waals surface area contributed by atoms with Crippen molar-refractivity contribution in [1.82, 2.24) is 14.7 Å². The SMILES string of the molecule is CCn1cc(CN2CCC(CCN)CC2)cn1. The normalized spacial score (nSPS) is 18.7. The van der Waals surface area contributed by atoms with E-state index >= 15 is 0 Å². The lowest BCUT2D eigenvalue weighted by molar-refractivity contribution is 0.173. The number of likely N-dealkylation sites (tertiary alicyclic amines) is 1. The number of piperidine rings is 1. The third-order valence-corrected chi connectivity index (χ3v) is 3.70. The van der Waals surface area contributed by atoms with E-state index in [2.05, 4.69) is 23.1 Å². The molecule has 0 amide bonds. The zero-order valence-corrected chi connectivity index (χ0v) is 10.8. The van der Waals surface area contributed by atoms with Crippen LogP contribution in [0.25, 0.3) is 0 Å². The lowest BCUT2D eigenvalue weighted by Gasteiger charge is -2.31. The molecule has 0 aliphatic carbocycles. The molecule has 1 aromatic heterocycles. The van der Waals surface area contributed by atoms with Crippen molar-refractivity contribution in [2.75, 3.05) is 19.6 Å². The maximum absolute atomic E-state index is 5.61. The van der Waals surface area contributed by atoms with Crippen LogP contribution in [-0.4, -0.2) is 34.3 Å². The van der Waals surface area contributed by atoms with Gasteiger partial charge in [-0.3, -0.25) is 9.58 Å². The molecule has 0 atom stereocenters. The van der Waals surface area contributed by atoms with Crippen LogP contribution < -0.4 is 5.73 Å². The molecule has 0 unspecified atom stereocenters. The van der Waals surface area contributed by atoms with Crippen molar-refractivity contribution in [2.45, 2.75) is 39.3 Å². The van der Waals surface area contributed by atoms with Gasteiger partial charge in [-0.1, -0.05) is 0 Å². The molecule has 4 nitrogen and oxygen atoms in total. The van der Waals surface area contributed by atoms with Gasteiger partial charge in [0, 0.05) is 24.8 Å². The summed E-state index contributed by atoms with van der Waals surface area (Å²) in [4.78, 5) is 2.53. The van der Waals surface area contributed by atoms with E-state index in [9.17, 15) is 0 Å². The standard InChI is InChI=1S/C13H24N4/c1-2-17-11-13(9-15-17)10-16-7-4-12(3-6-14)5-8-16/h9,11-12H,2-8,10,14H2,1H3. The number of hydrogen-bond donors (Lipinski definition) is 1. The molecule has 2 rings (SSSR count). The number of nitrogens with zero attached hydrogens (tertiary/aromatic N) is 3. The first kappa shape index (κ1) is 12.6. The Labute approximate surface area is 104 Å². The Balaban J connectivity index is 1.77. The minimum Gasteiger partial charge on any atom is -0.330 e. The summed E-state index contributed by atoms with van der Waals surface area (Å²) in [6, 6.07) is 0. The van der Waals surface area contributed by atoms with Crippen molar-refractivity contribution in [3.63, 3.8) is 0 Å². The van der Waals surface area contributed by atoms with Gasteiger partial charge in [0.05, 0.1) is 6.20 Å². The van der Waals surface area contributed by atoms with Gasteiger partial charge in [0.15, 0.2) is 0 Å². The van der Waals surface area contributed by atoms with Crippen LogP contribution in [0.5, 0.6) is 0 Å². The van der Waals surface area contributed by atoms with Crippen molar-refractivity contribution in [2.24, 2.45) is 11.7 Å². The summed E-state index contributed by atoms with van der Waals surface area (Å²) in [5, 5.41) is 4.32. The van der Waals surface area contributed by atoms with Gasteiger partial charge in [-0.25, -0.2) is 0 Å². The summed E-state index contributed by atoms with van der Waals surface area (Å²) in [7, 11) is 0. The van der Waals surface area contributed by atoms with Gasteiger partial charge in [-0.05, 0) is 51.7 Å². The molecular weight excluding hydrogens is 212 g/mol. The lowest BCUT2D eigenvalue weighted by Crippen LogP contribution is -2.33. The largest absolute Gasteiger partial charge is 0.330 e. The van der Waals surface area contributed by atoms with Gasteiger partial charge < -0.3 is 5.73 Å². The van der Waals surface area contributed by atoms with E-state index in [-0.39, 0.29) is 0 Å². The van der Waals surface area contributed by atoms with E-state index in [1.165, 1.54) is 37.9 Å². The minimum absolute atomic E-state index is 0.841. The predicted octanol–water partition coefficient (Wildman–Crippen LogP) is 1.46. The number of nitrogens with two attached hydrogens (primary N) is 1. The highest BCUT2D eigenvalue weighted by atomic mass is 15.3. The van der Waals surface area contributed by atoms with E-state index in [0.717, 1.165) is 25.6 Å². The zero-order chi connectivity index (χ0) is 12.1. The Hall–Kier alpha value is -0.870. The van der Waals surface area contributed by atoms with Gasteiger partial charge in [-0.2, -0.15) is 5.10 Å². The maximum atomic E-state index is 5.61. The summed E-state index contributed by atoms with van der Waals surface area (Å²) in [6.45, 7) is 7.39. The summed E-state index contributed by atoms with van der Waals surface area (Å²) in [5.74, 6) is 0.856. The highest BCUT2D eigenvalue weighted by Crippen LogP contribution is 2.21. The molecule has 1 aliphatic heterocycles. The Bertz CT molecular complexity index is 326. The Kier molecular flexibility index (Phi) is 4.57. The number of aryl methyl sites for hydroxylation is 1. The molecule has 2 heterocycles. The number of hydrogen-bond acceptors (Lipinski definition) is 3. The Morgan fingerprint density at radius 1 is 1.41 bits per heavy atom. The van der Waals surface area contributed by atoms with Gasteiger partial charge in [-0.15, -0.1) is 0 Å². The molecule has 96 valence electrons.